The van der Waals surface area contributed by atoms with Crippen molar-refractivity contribution in [3.8, 4) is 5.75 Å². The summed E-state index contributed by atoms with van der Waals surface area (Å²) in [4.78, 5) is 11.9. The van der Waals surface area contributed by atoms with Crippen LogP contribution in [0.2, 0.25) is 5.02 Å². The molecule has 3 nitrogen and oxygen atoms in total. The number of carbonyl (C=O) groups excluding carboxylic acids is 1. The van der Waals surface area contributed by atoms with Crippen molar-refractivity contribution in [2.24, 2.45) is 0 Å². The highest BCUT2D eigenvalue weighted by molar-refractivity contribution is 6.30. The van der Waals surface area contributed by atoms with Crippen LogP contribution < -0.4 is 5.32 Å². The predicted octanol–water partition coefficient (Wildman–Crippen LogP) is 3.72. The second-order valence-electron chi connectivity index (χ2n) is 4.44. The minimum absolute atomic E-state index is 0.172. The monoisotopic (exact) mass is 327 g/mol. The third kappa shape index (κ3) is 4.34. The fraction of sp³-hybridized carbons (Fsp3) is 0.133. The van der Waals surface area contributed by atoms with Crippen molar-refractivity contribution in [1.82, 2.24) is 5.32 Å². The molecule has 0 aliphatic rings. The number of benzene rings is 2. The van der Waals surface area contributed by atoms with Crippen molar-refractivity contribution >= 4 is 29.1 Å². The highest BCUT2D eigenvalue weighted by atomic mass is 35.5. The highest BCUT2D eigenvalue weighted by Gasteiger charge is 2.15. The van der Waals surface area contributed by atoms with Gasteiger partial charge in [-0.15, -0.1) is 0 Å². The SMILES string of the molecule is O=C(NC(Cl)Cc1ccc(Cl)cc1)c1ccc(O)cc1F. The first-order valence-corrected chi connectivity index (χ1v) is 6.95. The van der Waals surface area contributed by atoms with E-state index in [-0.39, 0.29) is 11.3 Å². The van der Waals surface area contributed by atoms with Crippen LogP contribution in [0.1, 0.15) is 15.9 Å². The summed E-state index contributed by atoms with van der Waals surface area (Å²) in [5.74, 6) is -1.68. The molecule has 0 aromatic heterocycles. The molecule has 0 spiro atoms. The van der Waals surface area contributed by atoms with Crippen LogP contribution in [0.15, 0.2) is 42.5 Å². The van der Waals surface area contributed by atoms with Gasteiger partial charge in [-0.1, -0.05) is 35.3 Å². The maximum atomic E-state index is 13.5. The number of nitrogens with one attached hydrogen (secondary N) is 1. The molecule has 21 heavy (non-hydrogen) atoms. The van der Waals surface area contributed by atoms with Crippen molar-refractivity contribution in [1.29, 1.82) is 0 Å². The zero-order valence-corrected chi connectivity index (χ0v) is 12.3. The smallest absolute Gasteiger partial charge is 0.255 e. The second kappa shape index (κ2) is 6.78. The summed E-state index contributed by atoms with van der Waals surface area (Å²) in [5.41, 5.74) is 0.0345. The Morgan fingerprint density at radius 3 is 2.52 bits per heavy atom. The number of halogens is 3. The molecule has 0 saturated heterocycles. The summed E-state index contributed by atoms with van der Waals surface area (Å²) in [7, 11) is 0. The van der Waals surface area contributed by atoms with Gasteiger partial charge in [-0.2, -0.15) is 0 Å². The standard InChI is InChI=1S/C15H12Cl2FNO2/c16-10-3-1-9(2-4-10)7-14(17)19-15(21)12-6-5-11(20)8-13(12)18/h1-6,8,14,20H,7H2,(H,19,21). The third-order valence-electron chi connectivity index (χ3n) is 2.81. The lowest BCUT2D eigenvalue weighted by Gasteiger charge is -2.12. The lowest BCUT2D eigenvalue weighted by molar-refractivity contribution is 0.0945. The Kier molecular flexibility index (Phi) is 5.04. The van der Waals surface area contributed by atoms with Gasteiger partial charge in [0, 0.05) is 17.5 Å². The molecule has 0 aliphatic heterocycles. The van der Waals surface area contributed by atoms with Crippen LogP contribution in [0, 0.1) is 5.82 Å². The Balaban J connectivity index is 2.00. The molecule has 0 saturated carbocycles. The van der Waals surface area contributed by atoms with Gasteiger partial charge in [0.25, 0.3) is 5.91 Å². The number of alkyl halides is 1. The maximum absolute atomic E-state index is 13.5. The molecule has 0 fully saturated rings. The summed E-state index contributed by atoms with van der Waals surface area (Å²) in [6.45, 7) is 0. The summed E-state index contributed by atoms with van der Waals surface area (Å²) in [6.07, 6.45) is 0.379. The molecular weight excluding hydrogens is 316 g/mol. The van der Waals surface area contributed by atoms with Gasteiger partial charge in [0.05, 0.1) is 5.56 Å². The Hall–Kier alpha value is -1.78. The van der Waals surface area contributed by atoms with Gasteiger partial charge in [0.2, 0.25) is 0 Å². The average molecular weight is 328 g/mol. The van der Waals surface area contributed by atoms with E-state index < -0.39 is 17.2 Å². The fourth-order valence-corrected chi connectivity index (χ4v) is 2.19. The van der Waals surface area contributed by atoms with E-state index in [1.165, 1.54) is 12.1 Å². The van der Waals surface area contributed by atoms with Gasteiger partial charge in [0.15, 0.2) is 0 Å². The van der Waals surface area contributed by atoms with Crippen LogP contribution in [0.25, 0.3) is 0 Å². The Morgan fingerprint density at radius 2 is 1.90 bits per heavy atom. The van der Waals surface area contributed by atoms with Gasteiger partial charge in [-0.3, -0.25) is 4.79 Å². The zero-order valence-electron chi connectivity index (χ0n) is 10.8. The molecule has 0 radical (unpaired) electrons. The van der Waals surface area contributed by atoms with Crippen molar-refractivity contribution in [2.75, 3.05) is 0 Å². The summed E-state index contributed by atoms with van der Waals surface area (Å²) in [6, 6.07) is 10.4. The zero-order chi connectivity index (χ0) is 15.4. The molecule has 2 N–H and O–H groups in total. The predicted molar refractivity (Wildman–Crippen MR) is 80.3 cm³/mol. The molecule has 0 heterocycles. The largest absolute Gasteiger partial charge is 0.508 e. The van der Waals surface area contributed by atoms with E-state index in [1.54, 1.807) is 24.3 Å². The Labute approximate surface area is 131 Å². The molecule has 2 aromatic rings. The molecule has 1 atom stereocenters. The van der Waals surface area contributed by atoms with E-state index in [2.05, 4.69) is 5.32 Å². The van der Waals surface area contributed by atoms with E-state index in [1.807, 2.05) is 0 Å². The highest BCUT2D eigenvalue weighted by Crippen LogP contribution is 2.16. The van der Waals surface area contributed by atoms with E-state index in [0.29, 0.717) is 11.4 Å². The minimum Gasteiger partial charge on any atom is -0.508 e. The van der Waals surface area contributed by atoms with Crippen LogP contribution in [-0.2, 0) is 6.42 Å². The van der Waals surface area contributed by atoms with Gasteiger partial charge in [-0.05, 0) is 29.8 Å². The van der Waals surface area contributed by atoms with Crippen molar-refractivity contribution in [3.63, 3.8) is 0 Å². The van der Waals surface area contributed by atoms with Crippen LogP contribution in [-0.4, -0.2) is 16.5 Å². The number of phenols is 1. The average Bonchev–Trinajstić information content (AvgIpc) is 2.41. The molecule has 2 aromatic carbocycles. The van der Waals surface area contributed by atoms with Crippen molar-refractivity contribution in [2.45, 2.75) is 11.9 Å². The number of hydrogen-bond acceptors (Lipinski definition) is 2. The lowest BCUT2D eigenvalue weighted by atomic mass is 10.1. The molecule has 0 aliphatic carbocycles. The second-order valence-corrected chi connectivity index (χ2v) is 5.40. The lowest BCUT2D eigenvalue weighted by Crippen LogP contribution is -2.32. The van der Waals surface area contributed by atoms with Gasteiger partial charge >= 0.3 is 0 Å². The van der Waals surface area contributed by atoms with E-state index in [4.69, 9.17) is 28.3 Å². The van der Waals surface area contributed by atoms with Crippen LogP contribution in [0.4, 0.5) is 4.39 Å². The maximum Gasteiger partial charge on any atom is 0.255 e. The van der Waals surface area contributed by atoms with Gasteiger partial charge in [0.1, 0.15) is 17.1 Å². The number of hydrogen-bond donors (Lipinski definition) is 2. The number of aromatic hydroxyl groups is 1. The van der Waals surface area contributed by atoms with Crippen molar-refractivity contribution < 1.29 is 14.3 Å². The number of carbonyl (C=O) groups is 1. The molecule has 110 valence electrons. The molecule has 2 rings (SSSR count). The Morgan fingerprint density at radius 1 is 1.24 bits per heavy atom. The topological polar surface area (TPSA) is 49.3 Å². The van der Waals surface area contributed by atoms with E-state index >= 15 is 0 Å². The van der Waals surface area contributed by atoms with E-state index in [9.17, 15) is 9.18 Å². The summed E-state index contributed by atoms with van der Waals surface area (Å²) >= 11 is 11.8. The quantitative estimate of drug-likeness (QED) is 0.664. The fourth-order valence-electron chi connectivity index (χ4n) is 1.79. The number of amides is 1. The third-order valence-corrected chi connectivity index (χ3v) is 3.33. The first-order chi connectivity index (χ1) is 9.95. The van der Waals surface area contributed by atoms with Crippen LogP contribution in [0.3, 0.4) is 0 Å². The van der Waals surface area contributed by atoms with Crippen LogP contribution >= 0.6 is 23.2 Å². The summed E-state index contributed by atoms with van der Waals surface area (Å²) in [5, 5.41) is 12.2. The first kappa shape index (κ1) is 15.6. The molecule has 1 unspecified atom stereocenters. The number of phenolic OH excluding ortho intramolecular Hbond substituents is 1. The molecular formula is C15H12Cl2FNO2. The number of rotatable bonds is 4. The first-order valence-electron chi connectivity index (χ1n) is 6.13. The normalized spacial score (nSPS) is 12.0. The van der Waals surface area contributed by atoms with Gasteiger partial charge in [-0.25, -0.2) is 4.39 Å². The molecule has 1 amide bonds. The van der Waals surface area contributed by atoms with Crippen LogP contribution in [0.5, 0.6) is 5.75 Å². The van der Waals surface area contributed by atoms with Gasteiger partial charge < -0.3 is 10.4 Å². The summed E-state index contributed by atoms with van der Waals surface area (Å²) < 4.78 is 13.5. The molecule has 6 heteroatoms. The van der Waals surface area contributed by atoms with Crippen molar-refractivity contribution in [3.05, 3.63) is 64.4 Å². The minimum atomic E-state index is -0.803. The Bertz CT molecular complexity index is 647. The van der Waals surface area contributed by atoms with E-state index in [0.717, 1.165) is 11.6 Å². The molecule has 0 bridgehead atoms.